The Morgan fingerprint density at radius 1 is 1.27 bits per heavy atom. The second-order valence-corrected chi connectivity index (χ2v) is 11.0. The van der Waals surface area contributed by atoms with Gasteiger partial charge < -0.3 is 15.3 Å². The summed E-state index contributed by atoms with van der Waals surface area (Å²) in [4.78, 5) is 18.3. The lowest BCUT2D eigenvalue weighted by Crippen LogP contribution is -2.63. The van der Waals surface area contributed by atoms with Crippen molar-refractivity contribution in [3.63, 3.8) is 0 Å². The summed E-state index contributed by atoms with van der Waals surface area (Å²) in [5.41, 5.74) is -0.118. The van der Waals surface area contributed by atoms with Crippen molar-refractivity contribution < 1.29 is 19.1 Å². The van der Waals surface area contributed by atoms with Crippen LogP contribution in [0.2, 0.25) is 0 Å². The monoisotopic (exact) mass is 418 g/mol. The summed E-state index contributed by atoms with van der Waals surface area (Å²) in [7, 11) is 0. The maximum absolute atomic E-state index is 14.4. The van der Waals surface area contributed by atoms with Gasteiger partial charge in [-0.3, -0.25) is 4.79 Å². The maximum atomic E-state index is 14.4. The molecule has 5 aliphatic rings. The van der Waals surface area contributed by atoms with Gasteiger partial charge in [-0.2, -0.15) is 0 Å². The van der Waals surface area contributed by atoms with Gasteiger partial charge in [0.05, 0.1) is 11.3 Å². The van der Waals surface area contributed by atoms with Crippen LogP contribution in [-0.4, -0.2) is 47.6 Å². The van der Waals surface area contributed by atoms with E-state index in [0.29, 0.717) is 19.3 Å². The summed E-state index contributed by atoms with van der Waals surface area (Å²) in [6.07, 6.45) is 4.48. The van der Waals surface area contributed by atoms with E-state index in [9.17, 15) is 14.3 Å². The Kier molecular flexibility index (Phi) is 4.72. The molecule has 0 aromatic carbocycles. The summed E-state index contributed by atoms with van der Waals surface area (Å²) >= 11 is 0. The van der Waals surface area contributed by atoms with Crippen molar-refractivity contribution in [2.45, 2.75) is 83.1 Å². The Labute approximate surface area is 178 Å². The zero-order valence-corrected chi connectivity index (χ0v) is 18.3. The number of aliphatic hydroxyl groups is 1. The highest BCUT2D eigenvalue weighted by Crippen LogP contribution is 2.67. The van der Waals surface area contributed by atoms with Crippen LogP contribution in [0.25, 0.3) is 0 Å². The number of nitrogens with one attached hydrogen (secondary N) is 1. The zero-order valence-electron chi connectivity index (χ0n) is 18.3. The van der Waals surface area contributed by atoms with Gasteiger partial charge in [-0.1, -0.05) is 25.6 Å². The van der Waals surface area contributed by atoms with Gasteiger partial charge in [-0.05, 0) is 68.4 Å². The molecule has 5 fully saturated rings. The van der Waals surface area contributed by atoms with Crippen molar-refractivity contribution in [1.82, 2.24) is 5.32 Å². The SMILES string of the molecule is C=C1CC2C3CC(F)C(=O)[C@@]3(C)CCC2[C@@]2(C)CC/C(=N\OC3CCNC3)C[C@]12O. The van der Waals surface area contributed by atoms with Crippen LogP contribution in [-0.2, 0) is 9.63 Å². The first-order chi connectivity index (χ1) is 14.2. The maximum Gasteiger partial charge on any atom is 0.173 e. The number of ketones is 1. The van der Waals surface area contributed by atoms with Crippen LogP contribution < -0.4 is 5.32 Å². The summed E-state index contributed by atoms with van der Waals surface area (Å²) < 4.78 is 14.4. The molecule has 166 valence electrons. The molecule has 5 nitrogen and oxygen atoms in total. The van der Waals surface area contributed by atoms with Crippen LogP contribution >= 0.6 is 0 Å². The lowest BCUT2D eigenvalue weighted by molar-refractivity contribution is -0.161. The number of halogens is 1. The molecule has 30 heavy (non-hydrogen) atoms. The van der Waals surface area contributed by atoms with Crippen molar-refractivity contribution in [2.24, 2.45) is 33.7 Å². The number of hydrogen-bond acceptors (Lipinski definition) is 5. The molecule has 1 saturated heterocycles. The largest absolute Gasteiger partial charge is 0.391 e. The minimum atomic E-state index is -1.33. The van der Waals surface area contributed by atoms with Crippen LogP contribution in [0.5, 0.6) is 0 Å². The molecule has 0 spiro atoms. The average Bonchev–Trinajstić information content (AvgIpc) is 3.30. The molecule has 2 N–H and O–H groups in total. The van der Waals surface area contributed by atoms with Gasteiger partial charge in [0.1, 0.15) is 6.10 Å². The highest BCUT2D eigenvalue weighted by atomic mass is 19.1. The van der Waals surface area contributed by atoms with Gasteiger partial charge in [0.15, 0.2) is 12.0 Å². The number of oxime groups is 1. The van der Waals surface area contributed by atoms with Crippen LogP contribution in [0.1, 0.15) is 65.2 Å². The van der Waals surface area contributed by atoms with Crippen LogP contribution in [0.4, 0.5) is 4.39 Å². The number of carbonyl (C=O) groups is 1. The van der Waals surface area contributed by atoms with Gasteiger partial charge in [0.25, 0.3) is 0 Å². The van der Waals surface area contributed by atoms with Crippen LogP contribution in [0, 0.1) is 28.6 Å². The molecule has 6 heteroatoms. The molecule has 5 unspecified atom stereocenters. The predicted molar refractivity (Wildman–Crippen MR) is 113 cm³/mol. The first-order valence-electron chi connectivity index (χ1n) is 11.7. The van der Waals surface area contributed by atoms with E-state index in [-0.39, 0.29) is 35.1 Å². The van der Waals surface area contributed by atoms with Crippen molar-refractivity contribution in [3.8, 4) is 0 Å². The summed E-state index contributed by atoms with van der Waals surface area (Å²) in [5, 5.41) is 19.7. The molecule has 0 aromatic rings. The first kappa shape index (κ1) is 20.6. The lowest BCUT2D eigenvalue weighted by atomic mass is 9.43. The molecule has 0 amide bonds. The Morgan fingerprint density at radius 2 is 2.07 bits per heavy atom. The number of hydrogen-bond donors (Lipinski definition) is 2. The quantitative estimate of drug-likeness (QED) is 0.531. The third kappa shape index (κ3) is 2.72. The third-order valence-corrected chi connectivity index (χ3v) is 9.70. The lowest BCUT2D eigenvalue weighted by Gasteiger charge is -2.63. The molecular weight excluding hydrogens is 383 g/mol. The topological polar surface area (TPSA) is 70.9 Å². The van der Waals surface area contributed by atoms with E-state index < -0.39 is 17.2 Å². The molecule has 0 radical (unpaired) electrons. The zero-order chi connectivity index (χ0) is 21.3. The Balaban J connectivity index is 1.40. The number of nitrogens with zero attached hydrogens (tertiary/aromatic N) is 1. The predicted octanol–water partition coefficient (Wildman–Crippen LogP) is 3.56. The molecule has 8 atom stereocenters. The van der Waals surface area contributed by atoms with Crippen molar-refractivity contribution in [2.75, 3.05) is 13.1 Å². The second kappa shape index (κ2) is 6.86. The normalized spacial score (nSPS) is 52.1. The van der Waals surface area contributed by atoms with Gasteiger partial charge in [-0.15, -0.1) is 0 Å². The van der Waals surface area contributed by atoms with E-state index in [1.165, 1.54) is 0 Å². The Hall–Kier alpha value is -1.27. The number of rotatable bonds is 2. The molecule has 0 bridgehead atoms. The summed E-state index contributed by atoms with van der Waals surface area (Å²) in [5.74, 6) is 0.375. The highest BCUT2D eigenvalue weighted by molar-refractivity contribution is 5.91. The number of Topliss-reactive ketones (excluding diaryl/α,β-unsaturated/α-hetero) is 1. The van der Waals surface area contributed by atoms with Crippen molar-refractivity contribution in [3.05, 3.63) is 12.2 Å². The smallest absolute Gasteiger partial charge is 0.173 e. The summed E-state index contributed by atoms with van der Waals surface area (Å²) in [6, 6.07) is 0. The molecular formula is C24H35FN2O3. The fourth-order valence-electron chi connectivity index (χ4n) is 7.73. The standard InChI is InChI=1S/C24H35FN2O3/c1-14-10-17-18(5-7-22(2)19(17)11-20(25)21(22)28)23(3)8-4-15(12-24(14,23)29)27-30-16-6-9-26-13-16/h16-20,26,29H,1,4-13H2,2-3H3/b27-15+/t16?,17?,18?,19?,20?,22-,23+,24-/m0/s1. The summed E-state index contributed by atoms with van der Waals surface area (Å²) in [6.45, 7) is 10.3. The highest BCUT2D eigenvalue weighted by Gasteiger charge is 2.67. The number of alkyl halides is 1. The van der Waals surface area contributed by atoms with Gasteiger partial charge >= 0.3 is 0 Å². The average molecular weight is 419 g/mol. The fourth-order valence-corrected chi connectivity index (χ4v) is 7.73. The minimum Gasteiger partial charge on any atom is -0.391 e. The third-order valence-electron chi connectivity index (χ3n) is 9.70. The molecule has 4 saturated carbocycles. The van der Waals surface area contributed by atoms with Crippen LogP contribution in [0.15, 0.2) is 17.3 Å². The van der Waals surface area contributed by atoms with E-state index in [4.69, 9.17) is 4.84 Å². The van der Waals surface area contributed by atoms with E-state index in [1.54, 1.807) is 0 Å². The second-order valence-electron chi connectivity index (χ2n) is 11.0. The molecule has 4 aliphatic carbocycles. The van der Waals surface area contributed by atoms with E-state index in [0.717, 1.165) is 56.5 Å². The van der Waals surface area contributed by atoms with Gasteiger partial charge in [0.2, 0.25) is 0 Å². The van der Waals surface area contributed by atoms with Crippen LogP contribution in [0.3, 0.4) is 0 Å². The molecule has 1 aliphatic heterocycles. The van der Waals surface area contributed by atoms with Crippen molar-refractivity contribution in [1.29, 1.82) is 0 Å². The van der Waals surface area contributed by atoms with Crippen molar-refractivity contribution >= 4 is 11.5 Å². The molecule has 1 heterocycles. The number of fused-ring (bicyclic) bond motifs is 5. The van der Waals surface area contributed by atoms with E-state index >= 15 is 0 Å². The minimum absolute atomic E-state index is 0.0603. The number of carbonyl (C=O) groups excluding carboxylic acids is 1. The van der Waals surface area contributed by atoms with Gasteiger partial charge in [0, 0.05) is 30.2 Å². The van der Waals surface area contributed by atoms with Gasteiger partial charge in [-0.25, -0.2) is 4.39 Å². The molecule has 0 aromatic heterocycles. The molecule has 5 rings (SSSR count). The van der Waals surface area contributed by atoms with E-state index in [1.807, 2.05) is 6.92 Å². The first-order valence-corrected chi connectivity index (χ1v) is 11.7. The fraction of sp³-hybridized carbons (Fsp3) is 0.833. The Morgan fingerprint density at radius 3 is 2.80 bits per heavy atom. The Bertz CT molecular complexity index is 793. The van der Waals surface area contributed by atoms with E-state index in [2.05, 4.69) is 24.0 Å².